The van der Waals surface area contributed by atoms with E-state index in [2.05, 4.69) is 194 Å². The zero-order chi connectivity index (χ0) is 34.3. The number of hydrogen-bond donors (Lipinski definition) is 0. The van der Waals surface area contributed by atoms with Crippen molar-refractivity contribution in [3.63, 3.8) is 0 Å². The van der Waals surface area contributed by atoms with Gasteiger partial charge in [0.15, 0.2) is 0 Å². The van der Waals surface area contributed by atoms with E-state index in [1.165, 1.54) is 65.0 Å². The van der Waals surface area contributed by atoms with Gasteiger partial charge in [-0.15, -0.1) is 0 Å². The van der Waals surface area contributed by atoms with Gasteiger partial charge in [-0.1, -0.05) is 0 Å². The molecule has 1 heterocycles. The van der Waals surface area contributed by atoms with Gasteiger partial charge in [0, 0.05) is 0 Å². The molecule has 1 aliphatic rings. The third-order valence-electron chi connectivity index (χ3n) is 9.51. The molecule has 1 nitrogen and oxygen atoms in total. The Hall–Kier alpha value is -4.65. The fourth-order valence-electron chi connectivity index (χ4n) is 7.23. The van der Waals surface area contributed by atoms with Crippen molar-refractivity contribution in [3.8, 4) is 4.37 Å². The number of rotatable bonds is 8. The molecule has 3 heteroatoms. The van der Waals surface area contributed by atoms with Crippen molar-refractivity contribution in [2.45, 2.75) is 13.8 Å². The van der Waals surface area contributed by atoms with Gasteiger partial charge < -0.3 is 0 Å². The second-order valence-corrected chi connectivity index (χ2v) is 16.3. The van der Waals surface area contributed by atoms with Crippen LogP contribution in [0.3, 0.4) is 0 Å². The van der Waals surface area contributed by atoms with E-state index in [1.54, 1.807) is 0 Å². The van der Waals surface area contributed by atoms with Crippen LogP contribution in [0, 0.1) is 4.37 Å². The van der Waals surface area contributed by atoms with Crippen molar-refractivity contribution in [3.05, 3.63) is 197 Å². The number of benzene rings is 6. The van der Waals surface area contributed by atoms with E-state index in [0.717, 1.165) is 5.57 Å². The Labute approximate surface area is 306 Å². The van der Waals surface area contributed by atoms with Crippen molar-refractivity contribution >= 4 is 56.9 Å². The van der Waals surface area contributed by atoms with Gasteiger partial charge in [0.25, 0.3) is 0 Å². The van der Waals surface area contributed by atoms with Crippen LogP contribution in [0.5, 0.6) is 0 Å². The Kier molecular flexibility index (Phi) is 10.5. The van der Waals surface area contributed by atoms with Crippen LogP contribution >= 0.6 is 7.26 Å². The molecule has 0 N–H and O–H groups in total. The average Bonchev–Trinajstić information content (AvgIpc) is 3.64. The van der Waals surface area contributed by atoms with Crippen LogP contribution in [0.2, 0.25) is 0 Å². The van der Waals surface area contributed by atoms with Gasteiger partial charge in [0.2, 0.25) is 0 Å². The molecule has 0 bridgehead atoms. The molecule has 0 aromatic heterocycles. The third-order valence-corrected chi connectivity index (χ3v) is 14.9. The molecule has 0 saturated carbocycles. The van der Waals surface area contributed by atoms with E-state index in [4.69, 9.17) is 4.74 Å². The summed E-state index contributed by atoms with van der Waals surface area (Å²) in [6, 6.07) is 50.8. The summed E-state index contributed by atoms with van der Waals surface area (Å²) >= 11 is 1.82. The number of hydrogen-bond acceptors (Lipinski definition) is 1. The summed E-state index contributed by atoms with van der Waals surface area (Å²) in [5, 5.41) is 10.1. The van der Waals surface area contributed by atoms with E-state index in [1.807, 2.05) is 17.9 Å². The van der Waals surface area contributed by atoms with Crippen molar-refractivity contribution < 1.29 is 22.7 Å². The van der Waals surface area contributed by atoms with E-state index in [0.29, 0.717) is 13.2 Å². The summed E-state index contributed by atoms with van der Waals surface area (Å²) < 4.78 is 9.90. The predicted octanol–water partition coefficient (Wildman–Crippen LogP) is 10.7. The summed E-state index contributed by atoms with van der Waals surface area (Å²) in [6.07, 6.45) is 13.6. The van der Waals surface area contributed by atoms with Crippen LogP contribution in [0.4, 0.5) is 0 Å². The maximum atomic E-state index is 6.03. The SMILES string of the molecule is CC=C1COCC1=CC(/C=C/c1c2ccccc2c(/C=C/C)c2ccccc12)=C([C]#[Os])[P+](c1ccccc1)(c1ccccc1)c1ccccc1. The molecular weight excluding hydrogens is 802 g/mol. The van der Waals surface area contributed by atoms with Gasteiger partial charge in [0.05, 0.1) is 0 Å². The summed E-state index contributed by atoms with van der Waals surface area (Å²) in [6.45, 7) is 5.42. The van der Waals surface area contributed by atoms with Gasteiger partial charge in [0.1, 0.15) is 0 Å². The van der Waals surface area contributed by atoms with Gasteiger partial charge in [-0.3, -0.25) is 0 Å². The molecule has 1 fully saturated rings. The first-order valence-electron chi connectivity index (χ1n) is 17.0. The predicted molar refractivity (Wildman–Crippen MR) is 214 cm³/mol. The Bertz CT molecular complexity index is 2200. The Morgan fingerprint density at radius 3 is 1.42 bits per heavy atom. The van der Waals surface area contributed by atoms with Crippen molar-refractivity contribution in [1.82, 2.24) is 0 Å². The first-order chi connectivity index (χ1) is 24.7. The summed E-state index contributed by atoms with van der Waals surface area (Å²) in [5.41, 5.74) is 6.08. The zero-order valence-electron chi connectivity index (χ0n) is 28.4. The molecule has 6 aromatic carbocycles. The molecule has 0 spiro atoms. The monoisotopic (exact) mass is 842 g/mol. The van der Waals surface area contributed by atoms with E-state index in [-0.39, 0.29) is 0 Å². The minimum atomic E-state index is -2.43. The quantitative estimate of drug-likeness (QED) is 0.0843. The van der Waals surface area contributed by atoms with Crippen LogP contribution in [0.15, 0.2) is 186 Å². The van der Waals surface area contributed by atoms with Crippen LogP contribution in [-0.4, -0.2) is 13.2 Å². The van der Waals surface area contributed by atoms with Gasteiger partial charge in [-0.2, -0.15) is 0 Å². The number of ether oxygens (including phenoxy) is 1. The van der Waals surface area contributed by atoms with Gasteiger partial charge in [-0.05, 0) is 0 Å². The zero-order valence-corrected chi connectivity index (χ0v) is 31.8. The standard InChI is InChI=1S/C47H39OP.Os/c1-4-19-42-43-26-15-17-28-45(43)47(46-29-18-16-27-44(42)46)31-30-37(32-38-34-48-33-36(38)5-2)35(3)49(39-20-9-6-10-21-39,40-22-11-7-12-23-40)41-24-13-8-14-25-41;/h4-32H,33-34H2,1-2H3;/q+1;/b19-4+,31-30+,36-5?,37-35?,38-32?;. The number of fused-ring (bicyclic) bond motifs is 2. The van der Waals surface area contributed by atoms with E-state index in [9.17, 15) is 0 Å². The Morgan fingerprint density at radius 1 is 0.580 bits per heavy atom. The van der Waals surface area contributed by atoms with Crippen molar-refractivity contribution in [1.29, 1.82) is 0 Å². The topological polar surface area (TPSA) is 9.23 Å². The second kappa shape index (κ2) is 15.5. The van der Waals surface area contributed by atoms with Crippen LogP contribution in [-0.2, 0) is 22.7 Å². The molecule has 7 rings (SSSR count). The fraction of sp³-hybridized carbons (Fsp3) is 0.0851. The summed E-state index contributed by atoms with van der Waals surface area (Å²) in [7, 11) is -2.43. The summed E-state index contributed by atoms with van der Waals surface area (Å²) in [4.78, 5) is 0. The fourth-order valence-corrected chi connectivity index (χ4v) is 13.0. The number of allylic oxidation sites excluding steroid dienone is 6. The van der Waals surface area contributed by atoms with E-state index >= 15 is 0 Å². The maximum absolute atomic E-state index is 6.03. The minimum absolute atomic E-state index is 0.591. The van der Waals surface area contributed by atoms with Crippen molar-refractivity contribution in [2.75, 3.05) is 13.2 Å². The molecule has 0 aliphatic carbocycles. The van der Waals surface area contributed by atoms with Crippen LogP contribution in [0.1, 0.15) is 25.0 Å². The van der Waals surface area contributed by atoms with Crippen LogP contribution < -0.4 is 15.9 Å². The van der Waals surface area contributed by atoms with E-state index < -0.39 is 7.26 Å². The third kappa shape index (κ3) is 6.27. The molecule has 6 aromatic rings. The molecule has 0 atom stereocenters. The van der Waals surface area contributed by atoms with Gasteiger partial charge >= 0.3 is 308 Å². The molecule has 0 radical (unpaired) electrons. The molecule has 50 heavy (non-hydrogen) atoms. The molecular formula is C47H39OOsP+. The molecule has 1 aliphatic heterocycles. The average molecular weight is 841 g/mol. The first kappa shape index (κ1) is 33.8. The van der Waals surface area contributed by atoms with Crippen molar-refractivity contribution in [2.24, 2.45) is 0 Å². The normalized spacial score (nSPS) is 15.8. The molecule has 1 saturated heterocycles. The molecule has 0 amide bonds. The summed E-state index contributed by atoms with van der Waals surface area (Å²) in [5.74, 6) is 0. The van der Waals surface area contributed by atoms with Gasteiger partial charge in [-0.25, -0.2) is 0 Å². The molecule has 0 unspecified atom stereocenters. The Morgan fingerprint density at radius 2 is 1.00 bits per heavy atom. The second-order valence-electron chi connectivity index (χ2n) is 12.3. The van der Waals surface area contributed by atoms with Crippen LogP contribution in [0.25, 0.3) is 33.7 Å². The Balaban J connectivity index is 1.61. The first-order valence-corrected chi connectivity index (χ1v) is 20.1. The molecule has 245 valence electrons.